The number of halogens is 1. The Labute approximate surface area is 178 Å². The fourth-order valence-corrected chi connectivity index (χ4v) is 4.07. The number of carbonyl (C=O) groups is 1. The van der Waals surface area contributed by atoms with E-state index >= 15 is 0 Å². The second kappa shape index (κ2) is 10.4. The molecule has 1 fully saturated rings. The smallest absolute Gasteiger partial charge is 0.253 e. The van der Waals surface area contributed by atoms with Crippen LogP contribution in [0.3, 0.4) is 0 Å². The van der Waals surface area contributed by atoms with E-state index in [1.54, 1.807) is 25.1 Å². The lowest BCUT2D eigenvalue weighted by molar-refractivity contribution is 0.0739. The van der Waals surface area contributed by atoms with Gasteiger partial charge in [-0.25, -0.2) is 4.39 Å². The van der Waals surface area contributed by atoms with E-state index in [0.717, 1.165) is 44.6 Å². The first kappa shape index (κ1) is 22.1. The van der Waals surface area contributed by atoms with E-state index in [1.807, 2.05) is 18.2 Å². The van der Waals surface area contributed by atoms with Gasteiger partial charge in [-0.1, -0.05) is 18.2 Å². The molecule has 0 unspecified atom stereocenters. The maximum Gasteiger partial charge on any atom is 0.253 e. The van der Waals surface area contributed by atoms with Gasteiger partial charge in [0.2, 0.25) is 0 Å². The fraction of sp³-hybridized carbons (Fsp3) is 0.458. The molecule has 1 heterocycles. The van der Waals surface area contributed by atoms with Crippen LogP contribution in [0.5, 0.6) is 11.5 Å². The Hall–Kier alpha value is -2.60. The lowest BCUT2D eigenvalue weighted by Gasteiger charge is -2.34. The summed E-state index contributed by atoms with van der Waals surface area (Å²) in [6.07, 6.45) is 3.08. The minimum atomic E-state index is -0.514. The average Bonchev–Trinajstić information content (AvgIpc) is 2.78. The van der Waals surface area contributed by atoms with Gasteiger partial charge < -0.3 is 19.3 Å². The number of likely N-dealkylation sites (tertiary alicyclic amines) is 1. The molecule has 5 nitrogen and oxygen atoms in total. The van der Waals surface area contributed by atoms with Crippen LogP contribution in [0.4, 0.5) is 4.39 Å². The van der Waals surface area contributed by atoms with Crippen LogP contribution >= 0.6 is 0 Å². The number of amides is 1. The van der Waals surface area contributed by atoms with Crippen LogP contribution in [0.2, 0.25) is 0 Å². The van der Waals surface area contributed by atoms with E-state index in [1.165, 1.54) is 24.8 Å². The minimum absolute atomic E-state index is 0.148. The summed E-state index contributed by atoms with van der Waals surface area (Å²) in [7, 11) is 4.91. The Morgan fingerprint density at radius 1 is 1.10 bits per heavy atom. The van der Waals surface area contributed by atoms with E-state index in [0.29, 0.717) is 18.0 Å². The van der Waals surface area contributed by atoms with Crippen LogP contribution < -0.4 is 9.47 Å². The highest BCUT2D eigenvalue weighted by molar-refractivity contribution is 5.94. The zero-order valence-electron chi connectivity index (χ0n) is 18.1. The minimum Gasteiger partial charge on any atom is -0.496 e. The number of para-hydroxylation sites is 1. The van der Waals surface area contributed by atoms with Gasteiger partial charge in [0.15, 0.2) is 11.6 Å². The van der Waals surface area contributed by atoms with Crippen molar-refractivity contribution >= 4 is 5.91 Å². The zero-order valence-corrected chi connectivity index (χ0v) is 18.1. The third-order valence-electron chi connectivity index (χ3n) is 5.87. The summed E-state index contributed by atoms with van der Waals surface area (Å²) in [5.41, 5.74) is 1.59. The molecule has 0 atom stereocenters. The van der Waals surface area contributed by atoms with Crippen molar-refractivity contribution < 1.29 is 18.7 Å². The van der Waals surface area contributed by atoms with E-state index < -0.39 is 5.82 Å². The van der Waals surface area contributed by atoms with Crippen LogP contribution in [-0.4, -0.2) is 63.2 Å². The standard InChI is InChI=1S/C24H31FN2O3/c1-26(24(28)20-8-9-23(30-3)21(25)16-20)17-18-10-13-27(14-11-18)15-12-19-6-4-5-7-22(19)29-2/h4-9,16,18H,10-15,17H2,1-3H3. The molecule has 1 aliphatic rings. The van der Waals surface area contributed by atoms with Crippen LogP contribution in [0, 0.1) is 11.7 Å². The first-order valence-electron chi connectivity index (χ1n) is 10.4. The third-order valence-corrected chi connectivity index (χ3v) is 5.87. The van der Waals surface area contributed by atoms with Gasteiger partial charge in [0.1, 0.15) is 5.75 Å². The molecule has 0 aliphatic carbocycles. The fourth-order valence-electron chi connectivity index (χ4n) is 4.07. The molecule has 1 saturated heterocycles. The van der Waals surface area contributed by atoms with Gasteiger partial charge in [-0.15, -0.1) is 0 Å². The lowest BCUT2D eigenvalue weighted by Crippen LogP contribution is -2.40. The summed E-state index contributed by atoms with van der Waals surface area (Å²) in [5, 5.41) is 0. The molecular weight excluding hydrogens is 383 g/mol. The second-order valence-electron chi connectivity index (χ2n) is 7.88. The normalized spacial score (nSPS) is 15.1. The molecule has 0 saturated carbocycles. The number of piperidine rings is 1. The van der Waals surface area contributed by atoms with Crippen LogP contribution in [-0.2, 0) is 6.42 Å². The first-order chi connectivity index (χ1) is 14.5. The Balaban J connectivity index is 1.46. The summed E-state index contributed by atoms with van der Waals surface area (Å²) < 4.78 is 24.3. The Morgan fingerprint density at radius 3 is 2.47 bits per heavy atom. The number of ether oxygens (including phenoxy) is 2. The zero-order chi connectivity index (χ0) is 21.5. The highest BCUT2D eigenvalue weighted by Crippen LogP contribution is 2.23. The Morgan fingerprint density at radius 2 is 1.80 bits per heavy atom. The summed E-state index contributed by atoms with van der Waals surface area (Å²) >= 11 is 0. The van der Waals surface area contributed by atoms with E-state index in [4.69, 9.17) is 9.47 Å². The van der Waals surface area contributed by atoms with Crippen LogP contribution in [0.15, 0.2) is 42.5 Å². The second-order valence-corrected chi connectivity index (χ2v) is 7.88. The van der Waals surface area contributed by atoms with Crippen LogP contribution in [0.25, 0.3) is 0 Å². The predicted octanol–water partition coefficient (Wildman–Crippen LogP) is 3.87. The molecule has 0 bridgehead atoms. The quantitative estimate of drug-likeness (QED) is 0.658. The summed E-state index contributed by atoms with van der Waals surface area (Å²) in [5.74, 6) is 0.886. The molecule has 1 aliphatic heterocycles. The molecule has 0 N–H and O–H groups in total. The first-order valence-corrected chi connectivity index (χ1v) is 10.4. The molecule has 0 spiro atoms. The maximum absolute atomic E-state index is 13.9. The number of benzene rings is 2. The van der Waals surface area contributed by atoms with Gasteiger partial charge >= 0.3 is 0 Å². The number of hydrogen-bond acceptors (Lipinski definition) is 4. The maximum atomic E-state index is 13.9. The molecule has 0 aromatic heterocycles. The van der Waals surface area contributed by atoms with Gasteiger partial charge in [-0.2, -0.15) is 0 Å². The van der Waals surface area contributed by atoms with Crippen molar-refractivity contribution in [2.24, 2.45) is 5.92 Å². The van der Waals surface area contributed by atoms with Gasteiger partial charge in [-0.3, -0.25) is 4.79 Å². The Kier molecular flexibility index (Phi) is 7.69. The molecule has 30 heavy (non-hydrogen) atoms. The molecule has 6 heteroatoms. The van der Waals surface area contributed by atoms with Crippen molar-refractivity contribution in [2.75, 3.05) is 47.4 Å². The van der Waals surface area contributed by atoms with Gasteiger partial charge in [-0.05, 0) is 68.1 Å². The van der Waals surface area contributed by atoms with Crippen molar-refractivity contribution in [1.82, 2.24) is 9.80 Å². The summed E-state index contributed by atoms with van der Waals surface area (Å²) in [6.45, 7) is 3.75. The van der Waals surface area contributed by atoms with E-state index in [-0.39, 0.29) is 11.7 Å². The van der Waals surface area contributed by atoms with Gasteiger partial charge in [0, 0.05) is 25.7 Å². The predicted molar refractivity (Wildman–Crippen MR) is 116 cm³/mol. The molecule has 2 aromatic carbocycles. The van der Waals surface area contributed by atoms with Gasteiger partial charge in [0.25, 0.3) is 5.91 Å². The Bertz CT molecular complexity index is 850. The highest BCUT2D eigenvalue weighted by Gasteiger charge is 2.23. The van der Waals surface area contributed by atoms with E-state index in [2.05, 4.69) is 11.0 Å². The molecule has 1 amide bonds. The largest absolute Gasteiger partial charge is 0.496 e. The van der Waals surface area contributed by atoms with Crippen molar-refractivity contribution in [3.63, 3.8) is 0 Å². The highest BCUT2D eigenvalue weighted by atomic mass is 19.1. The SMILES string of the molecule is COc1ccc(C(=O)N(C)CC2CCN(CCc3ccccc3OC)CC2)cc1F. The van der Waals surface area contributed by atoms with Crippen LogP contribution in [0.1, 0.15) is 28.8 Å². The third kappa shape index (κ3) is 5.51. The molecule has 0 radical (unpaired) electrons. The number of rotatable bonds is 8. The number of methoxy groups -OCH3 is 2. The van der Waals surface area contributed by atoms with Crippen molar-refractivity contribution in [1.29, 1.82) is 0 Å². The van der Waals surface area contributed by atoms with E-state index in [9.17, 15) is 9.18 Å². The number of carbonyl (C=O) groups excluding carboxylic acids is 1. The lowest BCUT2D eigenvalue weighted by atomic mass is 9.95. The topological polar surface area (TPSA) is 42.0 Å². The molecule has 3 rings (SSSR count). The summed E-state index contributed by atoms with van der Waals surface area (Å²) in [4.78, 5) is 16.8. The van der Waals surface area contributed by atoms with Crippen molar-refractivity contribution in [3.05, 3.63) is 59.4 Å². The van der Waals surface area contributed by atoms with Crippen molar-refractivity contribution in [2.45, 2.75) is 19.3 Å². The van der Waals surface area contributed by atoms with Crippen molar-refractivity contribution in [3.8, 4) is 11.5 Å². The number of nitrogens with zero attached hydrogens (tertiary/aromatic N) is 2. The molecule has 2 aromatic rings. The van der Waals surface area contributed by atoms with Gasteiger partial charge in [0.05, 0.1) is 14.2 Å². The number of hydrogen-bond donors (Lipinski definition) is 0. The molecular formula is C24H31FN2O3. The summed E-state index contributed by atoms with van der Waals surface area (Å²) in [6, 6.07) is 12.5. The average molecular weight is 415 g/mol. The molecule has 162 valence electrons. The monoisotopic (exact) mass is 414 g/mol.